The van der Waals surface area contributed by atoms with Crippen molar-refractivity contribution in [1.82, 2.24) is 10.2 Å². The number of benzene rings is 1. The normalized spacial score (nSPS) is 18.5. The molecule has 1 heterocycles. The minimum atomic E-state index is -0.192. The van der Waals surface area contributed by atoms with Crippen molar-refractivity contribution >= 4 is 11.6 Å². The van der Waals surface area contributed by atoms with Gasteiger partial charge in [0.15, 0.2) is 0 Å². The lowest BCUT2D eigenvalue weighted by atomic mass is 10.1. The Bertz CT molecular complexity index is 405. The second kappa shape index (κ2) is 7.22. The zero-order valence-electron chi connectivity index (χ0n) is 11.5. The number of hydrogen-bond acceptors (Lipinski definition) is 2. The summed E-state index contributed by atoms with van der Waals surface area (Å²) in [4.78, 5) is 2.50. The molecule has 1 fully saturated rings. The standard InChI is InChI=1S/C15H22ClFN2/c1-12(19-7-3-2-4-8-19)10-18-11-13-9-14(16)5-6-15(13)17/h5-6,9,12,18H,2-4,7-8,10-11H2,1H3. The minimum absolute atomic E-state index is 0.192. The van der Waals surface area contributed by atoms with Crippen molar-refractivity contribution in [2.45, 2.75) is 38.8 Å². The number of piperidine rings is 1. The molecular formula is C15H22ClFN2. The number of hydrogen-bond donors (Lipinski definition) is 1. The molecule has 0 spiro atoms. The predicted octanol–water partition coefficient (Wildman–Crippen LogP) is 3.44. The second-order valence-electron chi connectivity index (χ2n) is 5.31. The maximum atomic E-state index is 13.5. The summed E-state index contributed by atoms with van der Waals surface area (Å²) in [5.74, 6) is -0.192. The number of rotatable bonds is 5. The first kappa shape index (κ1) is 14.8. The van der Waals surface area contributed by atoms with Crippen LogP contribution in [0.1, 0.15) is 31.7 Å². The zero-order valence-corrected chi connectivity index (χ0v) is 12.2. The van der Waals surface area contributed by atoms with Gasteiger partial charge >= 0.3 is 0 Å². The maximum Gasteiger partial charge on any atom is 0.127 e. The van der Waals surface area contributed by atoms with Gasteiger partial charge < -0.3 is 5.32 Å². The molecule has 0 radical (unpaired) electrons. The molecule has 0 saturated carbocycles. The maximum absolute atomic E-state index is 13.5. The summed E-state index contributed by atoms with van der Waals surface area (Å²) in [6.07, 6.45) is 3.95. The van der Waals surface area contributed by atoms with Crippen molar-refractivity contribution in [1.29, 1.82) is 0 Å². The van der Waals surface area contributed by atoms with E-state index in [-0.39, 0.29) is 5.82 Å². The Morgan fingerprint density at radius 1 is 1.32 bits per heavy atom. The van der Waals surface area contributed by atoms with E-state index in [1.807, 2.05) is 0 Å². The first-order valence-electron chi connectivity index (χ1n) is 7.05. The third-order valence-electron chi connectivity index (χ3n) is 3.78. The molecule has 1 saturated heterocycles. The average molecular weight is 285 g/mol. The topological polar surface area (TPSA) is 15.3 Å². The molecule has 0 aliphatic carbocycles. The van der Waals surface area contributed by atoms with Crippen LogP contribution in [-0.2, 0) is 6.54 Å². The van der Waals surface area contributed by atoms with Crippen LogP contribution in [0, 0.1) is 5.82 Å². The van der Waals surface area contributed by atoms with Crippen LogP contribution in [0.2, 0.25) is 5.02 Å². The molecule has 106 valence electrons. The van der Waals surface area contributed by atoms with Gasteiger partial charge in [-0.25, -0.2) is 4.39 Å². The highest BCUT2D eigenvalue weighted by molar-refractivity contribution is 6.30. The van der Waals surface area contributed by atoms with Crippen LogP contribution in [0.5, 0.6) is 0 Å². The van der Waals surface area contributed by atoms with Gasteiger partial charge in [-0.2, -0.15) is 0 Å². The highest BCUT2D eigenvalue weighted by Gasteiger charge is 2.16. The van der Waals surface area contributed by atoms with Crippen LogP contribution in [0.15, 0.2) is 18.2 Å². The fourth-order valence-electron chi connectivity index (χ4n) is 2.58. The van der Waals surface area contributed by atoms with E-state index in [4.69, 9.17) is 11.6 Å². The van der Waals surface area contributed by atoms with Crippen molar-refractivity contribution in [2.75, 3.05) is 19.6 Å². The Balaban J connectivity index is 1.77. The number of halogens is 2. The summed E-state index contributed by atoms with van der Waals surface area (Å²) in [6, 6.07) is 5.20. The highest BCUT2D eigenvalue weighted by Crippen LogP contribution is 2.15. The lowest BCUT2D eigenvalue weighted by Gasteiger charge is -2.32. The van der Waals surface area contributed by atoms with Gasteiger partial charge in [-0.1, -0.05) is 18.0 Å². The fourth-order valence-corrected chi connectivity index (χ4v) is 2.78. The third kappa shape index (κ3) is 4.44. The van der Waals surface area contributed by atoms with Gasteiger partial charge in [-0.15, -0.1) is 0 Å². The lowest BCUT2D eigenvalue weighted by molar-refractivity contribution is 0.170. The van der Waals surface area contributed by atoms with E-state index in [0.717, 1.165) is 6.54 Å². The van der Waals surface area contributed by atoms with Crippen LogP contribution < -0.4 is 5.32 Å². The van der Waals surface area contributed by atoms with E-state index < -0.39 is 0 Å². The molecule has 0 aromatic heterocycles. The second-order valence-corrected chi connectivity index (χ2v) is 5.75. The van der Waals surface area contributed by atoms with Gasteiger partial charge in [-0.05, 0) is 51.1 Å². The molecule has 0 amide bonds. The summed E-state index contributed by atoms with van der Waals surface area (Å²) in [6.45, 7) is 6.02. The van der Waals surface area contributed by atoms with Gasteiger partial charge in [-0.3, -0.25) is 4.90 Å². The molecule has 0 bridgehead atoms. The van der Waals surface area contributed by atoms with E-state index >= 15 is 0 Å². The first-order valence-corrected chi connectivity index (χ1v) is 7.43. The molecule has 19 heavy (non-hydrogen) atoms. The monoisotopic (exact) mass is 284 g/mol. The molecule has 1 aromatic rings. The summed E-state index contributed by atoms with van der Waals surface area (Å²) < 4.78 is 13.5. The van der Waals surface area contributed by atoms with Crippen molar-refractivity contribution in [3.05, 3.63) is 34.6 Å². The van der Waals surface area contributed by atoms with Crippen LogP contribution in [0.3, 0.4) is 0 Å². The largest absolute Gasteiger partial charge is 0.311 e. The smallest absolute Gasteiger partial charge is 0.127 e. The van der Waals surface area contributed by atoms with Crippen LogP contribution >= 0.6 is 11.6 Å². The minimum Gasteiger partial charge on any atom is -0.311 e. The van der Waals surface area contributed by atoms with E-state index in [1.54, 1.807) is 12.1 Å². The van der Waals surface area contributed by atoms with Crippen LogP contribution in [0.25, 0.3) is 0 Å². The van der Waals surface area contributed by atoms with Crippen molar-refractivity contribution in [3.8, 4) is 0 Å². The molecule has 4 heteroatoms. The Hall–Kier alpha value is -0.640. The molecule has 1 aliphatic rings. The van der Waals surface area contributed by atoms with Crippen molar-refractivity contribution in [3.63, 3.8) is 0 Å². The number of nitrogens with zero attached hydrogens (tertiary/aromatic N) is 1. The molecular weight excluding hydrogens is 263 g/mol. The summed E-state index contributed by atoms with van der Waals surface area (Å²) in [5.41, 5.74) is 0.637. The molecule has 2 nitrogen and oxygen atoms in total. The molecule has 1 N–H and O–H groups in total. The third-order valence-corrected chi connectivity index (χ3v) is 4.01. The van der Waals surface area contributed by atoms with Gasteiger partial charge in [0, 0.05) is 29.7 Å². The van der Waals surface area contributed by atoms with Crippen molar-refractivity contribution < 1.29 is 4.39 Å². The van der Waals surface area contributed by atoms with E-state index in [9.17, 15) is 4.39 Å². The van der Waals surface area contributed by atoms with E-state index in [1.165, 1.54) is 38.4 Å². The van der Waals surface area contributed by atoms with Crippen LogP contribution in [-0.4, -0.2) is 30.6 Å². The van der Waals surface area contributed by atoms with E-state index in [2.05, 4.69) is 17.1 Å². The van der Waals surface area contributed by atoms with Crippen molar-refractivity contribution in [2.24, 2.45) is 0 Å². The number of likely N-dealkylation sites (tertiary alicyclic amines) is 1. The first-order chi connectivity index (χ1) is 9.16. The highest BCUT2D eigenvalue weighted by atomic mass is 35.5. The number of nitrogens with one attached hydrogen (secondary N) is 1. The summed E-state index contributed by atoms with van der Waals surface area (Å²) >= 11 is 5.88. The molecule has 1 atom stereocenters. The summed E-state index contributed by atoms with van der Waals surface area (Å²) in [7, 11) is 0. The predicted molar refractivity (Wildman–Crippen MR) is 78.0 cm³/mol. The van der Waals surface area contributed by atoms with Crippen LogP contribution in [0.4, 0.5) is 4.39 Å². The molecule has 1 aromatic carbocycles. The van der Waals surface area contributed by atoms with Gasteiger partial charge in [0.1, 0.15) is 5.82 Å². The quantitative estimate of drug-likeness (QED) is 0.891. The Morgan fingerprint density at radius 3 is 2.79 bits per heavy atom. The molecule has 2 rings (SSSR count). The van der Waals surface area contributed by atoms with Gasteiger partial charge in [0.05, 0.1) is 0 Å². The Kier molecular flexibility index (Phi) is 5.61. The molecule has 1 unspecified atom stereocenters. The Labute approximate surface area is 119 Å². The Morgan fingerprint density at radius 2 is 2.05 bits per heavy atom. The van der Waals surface area contributed by atoms with Gasteiger partial charge in [0.2, 0.25) is 0 Å². The molecule has 1 aliphatic heterocycles. The zero-order chi connectivity index (χ0) is 13.7. The lowest BCUT2D eigenvalue weighted by Crippen LogP contribution is -2.43. The SMILES string of the molecule is CC(CNCc1cc(Cl)ccc1F)N1CCCCC1. The average Bonchev–Trinajstić information content (AvgIpc) is 2.43. The van der Waals surface area contributed by atoms with E-state index in [0.29, 0.717) is 23.2 Å². The summed E-state index contributed by atoms with van der Waals surface area (Å²) in [5, 5.41) is 3.91. The van der Waals surface area contributed by atoms with Gasteiger partial charge in [0.25, 0.3) is 0 Å². The fraction of sp³-hybridized carbons (Fsp3) is 0.600.